The van der Waals surface area contributed by atoms with E-state index in [1.807, 2.05) is 26.8 Å². The predicted molar refractivity (Wildman–Crippen MR) is 50.7 cm³/mol. The summed E-state index contributed by atoms with van der Waals surface area (Å²) in [6.45, 7) is 5.80. The van der Waals surface area contributed by atoms with Crippen molar-refractivity contribution >= 4 is 0 Å². The Kier molecular flexibility index (Phi) is 3.25. The Morgan fingerprint density at radius 1 is 1.46 bits per heavy atom. The number of aryl methyl sites for hydroxylation is 1. The van der Waals surface area contributed by atoms with Crippen molar-refractivity contribution in [2.45, 2.75) is 33.5 Å². The molecule has 0 aromatic carbocycles. The van der Waals surface area contributed by atoms with Crippen LogP contribution in [0, 0.1) is 6.92 Å². The molecule has 1 rings (SSSR count). The van der Waals surface area contributed by atoms with Crippen molar-refractivity contribution in [3.63, 3.8) is 0 Å². The predicted octanol–water partition coefficient (Wildman–Crippen LogP) is 1.67. The third kappa shape index (κ3) is 2.70. The SMILES string of the molecule is Cc1nc(OC(C)C)ccc1CO. The zero-order valence-electron chi connectivity index (χ0n) is 8.24. The number of rotatable bonds is 3. The highest BCUT2D eigenvalue weighted by atomic mass is 16.5. The van der Waals surface area contributed by atoms with Crippen molar-refractivity contribution < 1.29 is 9.84 Å². The van der Waals surface area contributed by atoms with Crippen LogP contribution in [0.15, 0.2) is 12.1 Å². The molecular weight excluding hydrogens is 166 g/mol. The van der Waals surface area contributed by atoms with Gasteiger partial charge in [-0.3, -0.25) is 0 Å². The lowest BCUT2D eigenvalue weighted by atomic mass is 10.2. The molecule has 1 aromatic rings. The summed E-state index contributed by atoms with van der Waals surface area (Å²) in [7, 11) is 0. The van der Waals surface area contributed by atoms with Crippen molar-refractivity contribution in [3.8, 4) is 5.88 Å². The normalized spacial score (nSPS) is 10.5. The van der Waals surface area contributed by atoms with E-state index in [0.29, 0.717) is 5.88 Å². The molecule has 1 aromatic heterocycles. The van der Waals surface area contributed by atoms with E-state index >= 15 is 0 Å². The average molecular weight is 181 g/mol. The van der Waals surface area contributed by atoms with Gasteiger partial charge in [-0.2, -0.15) is 0 Å². The highest BCUT2D eigenvalue weighted by Gasteiger charge is 2.02. The standard InChI is InChI=1S/C10H15NO2/c1-7(2)13-10-5-4-9(6-12)8(3)11-10/h4-5,7,12H,6H2,1-3H3. The average Bonchev–Trinajstić information content (AvgIpc) is 2.03. The molecule has 1 heterocycles. The first-order chi connectivity index (χ1) is 6.13. The van der Waals surface area contributed by atoms with Gasteiger partial charge < -0.3 is 9.84 Å². The molecule has 0 unspecified atom stereocenters. The molecule has 0 aliphatic rings. The fourth-order valence-electron chi connectivity index (χ4n) is 1.04. The van der Waals surface area contributed by atoms with E-state index in [-0.39, 0.29) is 12.7 Å². The number of pyridine rings is 1. The second kappa shape index (κ2) is 4.23. The van der Waals surface area contributed by atoms with Gasteiger partial charge >= 0.3 is 0 Å². The Balaban J connectivity index is 2.83. The maximum absolute atomic E-state index is 8.91. The summed E-state index contributed by atoms with van der Waals surface area (Å²) in [4.78, 5) is 4.20. The molecule has 0 aliphatic carbocycles. The summed E-state index contributed by atoms with van der Waals surface area (Å²) in [5.41, 5.74) is 1.66. The van der Waals surface area contributed by atoms with E-state index in [9.17, 15) is 0 Å². The molecule has 0 spiro atoms. The Labute approximate surface area is 78.4 Å². The van der Waals surface area contributed by atoms with Gasteiger partial charge in [0, 0.05) is 11.8 Å². The van der Waals surface area contributed by atoms with Gasteiger partial charge in [0.05, 0.1) is 12.7 Å². The van der Waals surface area contributed by atoms with Gasteiger partial charge in [-0.15, -0.1) is 0 Å². The quantitative estimate of drug-likeness (QED) is 0.771. The molecule has 0 aliphatic heterocycles. The summed E-state index contributed by atoms with van der Waals surface area (Å²) in [6.07, 6.45) is 0.131. The van der Waals surface area contributed by atoms with Gasteiger partial charge in [-0.05, 0) is 32.4 Å². The smallest absolute Gasteiger partial charge is 0.213 e. The van der Waals surface area contributed by atoms with Crippen LogP contribution >= 0.6 is 0 Å². The van der Waals surface area contributed by atoms with Crippen molar-refractivity contribution in [2.24, 2.45) is 0 Å². The van der Waals surface area contributed by atoms with E-state index in [1.165, 1.54) is 0 Å². The van der Waals surface area contributed by atoms with Crippen LogP contribution in [0.25, 0.3) is 0 Å². The van der Waals surface area contributed by atoms with E-state index < -0.39 is 0 Å². The summed E-state index contributed by atoms with van der Waals surface area (Å²) >= 11 is 0. The van der Waals surface area contributed by atoms with Gasteiger partial charge in [0.2, 0.25) is 5.88 Å². The molecule has 0 fully saturated rings. The molecule has 3 heteroatoms. The first-order valence-corrected chi connectivity index (χ1v) is 4.37. The Morgan fingerprint density at radius 3 is 2.62 bits per heavy atom. The summed E-state index contributed by atoms with van der Waals surface area (Å²) in [5, 5.41) is 8.91. The number of ether oxygens (including phenoxy) is 1. The first-order valence-electron chi connectivity index (χ1n) is 4.37. The lowest BCUT2D eigenvalue weighted by molar-refractivity contribution is 0.231. The lowest BCUT2D eigenvalue weighted by Crippen LogP contribution is -2.07. The van der Waals surface area contributed by atoms with Crippen LogP contribution in [0.5, 0.6) is 5.88 Å². The molecule has 0 radical (unpaired) electrons. The highest BCUT2D eigenvalue weighted by Crippen LogP contribution is 2.13. The van der Waals surface area contributed by atoms with Crippen molar-refractivity contribution in [1.29, 1.82) is 0 Å². The third-order valence-corrected chi connectivity index (χ3v) is 1.70. The highest BCUT2D eigenvalue weighted by molar-refractivity contribution is 5.24. The number of aliphatic hydroxyl groups is 1. The van der Waals surface area contributed by atoms with E-state index in [0.717, 1.165) is 11.3 Å². The summed E-state index contributed by atoms with van der Waals surface area (Å²) in [5.74, 6) is 0.615. The third-order valence-electron chi connectivity index (χ3n) is 1.70. The minimum atomic E-state index is 0.0286. The molecule has 0 saturated heterocycles. The number of nitrogens with zero attached hydrogens (tertiary/aromatic N) is 1. The van der Waals surface area contributed by atoms with Crippen LogP contribution in [0.4, 0.5) is 0 Å². The second-order valence-electron chi connectivity index (χ2n) is 3.22. The summed E-state index contributed by atoms with van der Waals surface area (Å²) < 4.78 is 5.40. The van der Waals surface area contributed by atoms with Gasteiger partial charge in [-0.25, -0.2) is 4.98 Å². The summed E-state index contributed by atoms with van der Waals surface area (Å²) in [6, 6.07) is 3.61. The fourth-order valence-corrected chi connectivity index (χ4v) is 1.04. The minimum absolute atomic E-state index is 0.0286. The number of aliphatic hydroxyl groups excluding tert-OH is 1. The van der Waals surface area contributed by atoms with Gasteiger partial charge in [0.15, 0.2) is 0 Å². The van der Waals surface area contributed by atoms with Crippen molar-refractivity contribution in [3.05, 3.63) is 23.4 Å². The molecule has 0 bridgehead atoms. The Bertz CT molecular complexity index is 284. The topological polar surface area (TPSA) is 42.4 Å². The van der Waals surface area contributed by atoms with Gasteiger partial charge in [-0.1, -0.05) is 0 Å². The first kappa shape index (κ1) is 9.99. The van der Waals surface area contributed by atoms with Crippen LogP contribution in [-0.4, -0.2) is 16.2 Å². The molecule has 0 atom stereocenters. The number of hydrogen-bond acceptors (Lipinski definition) is 3. The van der Waals surface area contributed by atoms with Crippen LogP contribution in [0.1, 0.15) is 25.1 Å². The van der Waals surface area contributed by atoms with Gasteiger partial charge in [0.25, 0.3) is 0 Å². The number of aromatic nitrogens is 1. The van der Waals surface area contributed by atoms with Crippen LogP contribution in [0.3, 0.4) is 0 Å². The second-order valence-corrected chi connectivity index (χ2v) is 3.22. The minimum Gasteiger partial charge on any atom is -0.475 e. The number of hydrogen-bond donors (Lipinski definition) is 1. The van der Waals surface area contributed by atoms with Crippen LogP contribution < -0.4 is 4.74 Å². The van der Waals surface area contributed by atoms with E-state index in [2.05, 4.69) is 4.98 Å². The molecule has 3 nitrogen and oxygen atoms in total. The maximum atomic E-state index is 8.91. The molecule has 0 saturated carbocycles. The monoisotopic (exact) mass is 181 g/mol. The maximum Gasteiger partial charge on any atom is 0.213 e. The largest absolute Gasteiger partial charge is 0.475 e. The van der Waals surface area contributed by atoms with Gasteiger partial charge in [0.1, 0.15) is 0 Å². The Hall–Kier alpha value is -1.09. The zero-order valence-corrected chi connectivity index (χ0v) is 8.24. The van der Waals surface area contributed by atoms with Crippen molar-refractivity contribution in [1.82, 2.24) is 4.98 Å². The fraction of sp³-hybridized carbons (Fsp3) is 0.500. The zero-order chi connectivity index (χ0) is 9.84. The van der Waals surface area contributed by atoms with E-state index in [4.69, 9.17) is 9.84 Å². The molecular formula is C10H15NO2. The van der Waals surface area contributed by atoms with E-state index in [1.54, 1.807) is 6.07 Å². The molecule has 1 N–H and O–H groups in total. The molecule has 0 amide bonds. The van der Waals surface area contributed by atoms with Crippen molar-refractivity contribution in [2.75, 3.05) is 0 Å². The molecule has 72 valence electrons. The Morgan fingerprint density at radius 2 is 2.15 bits per heavy atom. The van der Waals surface area contributed by atoms with Crippen LogP contribution in [-0.2, 0) is 6.61 Å². The molecule has 13 heavy (non-hydrogen) atoms. The lowest BCUT2D eigenvalue weighted by Gasteiger charge is -2.10. The van der Waals surface area contributed by atoms with Crippen LogP contribution in [0.2, 0.25) is 0 Å².